The summed E-state index contributed by atoms with van der Waals surface area (Å²) in [5.74, 6) is -2.12. The number of amidine groups is 1. The molecule has 4 rings (SSSR count). The fourth-order valence-corrected chi connectivity index (χ4v) is 6.37. The van der Waals surface area contributed by atoms with Crippen LogP contribution in [-0.4, -0.2) is 48.7 Å². The Labute approximate surface area is 178 Å². The molecule has 1 aromatic heterocycles. The smallest absolute Gasteiger partial charge is 0.185 e. The second kappa shape index (κ2) is 7.45. The van der Waals surface area contributed by atoms with Crippen LogP contribution in [0.25, 0.3) is 0 Å². The van der Waals surface area contributed by atoms with Gasteiger partial charge < -0.3 is 10.5 Å². The van der Waals surface area contributed by atoms with Crippen molar-refractivity contribution in [2.24, 2.45) is 10.7 Å². The molecule has 1 fully saturated rings. The first-order valence-corrected chi connectivity index (χ1v) is 11.3. The third kappa shape index (κ3) is 3.63. The van der Waals surface area contributed by atoms with E-state index in [2.05, 4.69) is 9.98 Å². The molecule has 1 saturated heterocycles. The molecule has 0 aliphatic carbocycles. The number of rotatable bonds is 4. The van der Waals surface area contributed by atoms with E-state index < -0.39 is 37.5 Å². The van der Waals surface area contributed by atoms with Gasteiger partial charge in [0.25, 0.3) is 0 Å². The Morgan fingerprint density at radius 1 is 1.26 bits per heavy atom. The maximum atomic E-state index is 14.8. The number of aromatic nitrogens is 1. The van der Waals surface area contributed by atoms with Crippen molar-refractivity contribution in [3.05, 3.63) is 65.0 Å². The lowest BCUT2D eigenvalue weighted by Crippen LogP contribution is -2.58. The number of hydrogen-bond acceptors (Lipinski definition) is 7. The highest BCUT2D eigenvalue weighted by Crippen LogP contribution is 2.41. The van der Waals surface area contributed by atoms with Gasteiger partial charge in [0.2, 0.25) is 0 Å². The van der Waals surface area contributed by atoms with E-state index in [1.807, 2.05) is 0 Å². The van der Waals surface area contributed by atoms with Crippen molar-refractivity contribution in [1.82, 2.24) is 4.98 Å². The second-order valence-corrected chi connectivity index (χ2v) is 10.4. The summed E-state index contributed by atoms with van der Waals surface area (Å²) in [6.07, 6.45) is 1.03. The number of sulfone groups is 1. The van der Waals surface area contributed by atoms with Gasteiger partial charge in [0.1, 0.15) is 28.7 Å². The number of ether oxygens (including phenoxy) is 1. The molecule has 0 saturated carbocycles. The molecule has 2 aromatic rings. The van der Waals surface area contributed by atoms with Crippen molar-refractivity contribution in [3.8, 4) is 0 Å². The molecule has 31 heavy (non-hydrogen) atoms. The highest BCUT2D eigenvalue weighted by Gasteiger charge is 2.57. The molecule has 3 heterocycles. The number of hydrogen-bond donors (Lipinski definition) is 1. The highest BCUT2D eigenvalue weighted by molar-refractivity contribution is 7.93. The van der Waals surface area contributed by atoms with Gasteiger partial charge in [-0.1, -0.05) is 6.07 Å². The van der Waals surface area contributed by atoms with E-state index in [4.69, 9.17) is 10.5 Å². The molecule has 0 amide bonds. The standard InChI is InChI=1S/C21H21F2N3O4S/c1-20(12-31(28,29)21(19(24)26-20)6-7-30-11-21)15-8-13(2-4-16(15)23)9-18(27)17-5-3-14(22)10-25-17/h2-5,8,10H,6-7,9,11-12H2,1H3,(H2,24,26)/t20-,21+/m0/s1. The zero-order valence-corrected chi connectivity index (χ0v) is 17.6. The van der Waals surface area contributed by atoms with Gasteiger partial charge >= 0.3 is 0 Å². The van der Waals surface area contributed by atoms with E-state index in [0.717, 1.165) is 12.3 Å². The largest absolute Gasteiger partial charge is 0.386 e. The summed E-state index contributed by atoms with van der Waals surface area (Å²) >= 11 is 0. The van der Waals surface area contributed by atoms with Crippen LogP contribution in [0.1, 0.15) is 35.0 Å². The first-order valence-electron chi connectivity index (χ1n) is 9.66. The molecule has 2 N–H and O–H groups in total. The van der Waals surface area contributed by atoms with Crippen LogP contribution in [0.2, 0.25) is 0 Å². The van der Waals surface area contributed by atoms with Crippen LogP contribution in [0.3, 0.4) is 0 Å². The minimum absolute atomic E-state index is 0.0326. The van der Waals surface area contributed by atoms with Crippen LogP contribution in [-0.2, 0) is 26.5 Å². The molecule has 2 aliphatic heterocycles. The average molecular weight is 449 g/mol. The number of pyridine rings is 1. The number of nitrogens with two attached hydrogens (primary N) is 1. The van der Waals surface area contributed by atoms with Crippen molar-refractivity contribution in [3.63, 3.8) is 0 Å². The van der Waals surface area contributed by atoms with Gasteiger partial charge in [-0.3, -0.25) is 14.8 Å². The first kappa shape index (κ1) is 21.5. The average Bonchev–Trinajstić information content (AvgIpc) is 3.20. The Morgan fingerprint density at radius 3 is 2.65 bits per heavy atom. The number of nitrogens with zero attached hydrogens (tertiary/aromatic N) is 2. The molecular weight excluding hydrogens is 428 g/mol. The van der Waals surface area contributed by atoms with Gasteiger partial charge in [0.15, 0.2) is 20.4 Å². The molecule has 0 bridgehead atoms. The van der Waals surface area contributed by atoms with Crippen molar-refractivity contribution in [2.45, 2.75) is 30.1 Å². The molecule has 164 valence electrons. The Morgan fingerprint density at radius 2 is 2.03 bits per heavy atom. The quantitative estimate of drug-likeness (QED) is 0.714. The van der Waals surface area contributed by atoms with Gasteiger partial charge in [-0.2, -0.15) is 0 Å². The lowest BCUT2D eigenvalue weighted by molar-refractivity contribution is 0.0988. The maximum absolute atomic E-state index is 14.8. The number of ketones is 1. The molecular formula is C21H21F2N3O4S. The van der Waals surface area contributed by atoms with Crippen molar-refractivity contribution in [1.29, 1.82) is 0 Å². The van der Waals surface area contributed by atoms with Crippen LogP contribution in [0.5, 0.6) is 0 Å². The normalized spacial score (nSPS) is 27.3. The molecule has 2 aliphatic rings. The zero-order chi connectivity index (χ0) is 22.4. The van der Waals surface area contributed by atoms with Crippen molar-refractivity contribution < 1.29 is 26.7 Å². The molecule has 0 unspecified atom stereocenters. The first-order chi connectivity index (χ1) is 14.6. The summed E-state index contributed by atoms with van der Waals surface area (Å²) < 4.78 is 58.0. The summed E-state index contributed by atoms with van der Waals surface area (Å²) in [6, 6.07) is 6.42. The Kier molecular flexibility index (Phi) is 5.17. The Hall–Kier alpha value is -2.72. The summed E-state index contributed by atoms with van der Waals surface area (Å²) in [6.45, 7) is 1.70. The molecule has 1 spiro atoms. The number of halogens is 2. The van der Waals surface area contributed by atoms with E-state index in [0.29, 0.717) is 5.56 Å². The number of Topliss-reactive ketones (excluding diaryl/α,β-unsaturated/α-hetero) is 1. The van der Waals surface area contributed by atoms with E-state index in [-0.39, 0.29) is 48.9 Å². The van der Waals surface area contributed by atoms with Gasteiger partial charge in [-0.25, -0.2) is 17.2 Å². The van der Waals surface area contributed by atoms with Crippen LogP contribution in [0, 0.1) is 11.6 Å². The highest BCUT2D eigenvalue weighted by atomic mass is 32.2. The second-order valence-electron chi connectivity index (χ2n) is 8.10. The van der Waals surface area contributed by atoms with E-state index in [1.54, 1.807) is 0 Å². The summed E-state index contributed by atoms with van der Waals surface area (Å²) in [5.41, 5.74) is 5.20. The van der Waals surface area contributed by atoms with Crippen molar-refractivity contribution >= 4 is 21.5 Å². The number of aliphatic imine (C=N–C) groups is 1. The van der Waals surface area contributed by atoms with E-state index in [1.165, 1.54) is 31.2 Å². The zero-order valence-electron chi connectivity index (χ0n) is 16.8. The van der Waals surface area contributed by atoms with Gasteiger partial charge in [0.05, 0.1) is 18.6 Å². The molecule has 0 radical (unpaired) electrons. The predicted molar refractivity (Wildman–Crippen MR) is 110 cm³/mol. The molecule has 10 heteroatoms. The Bertz CT molecular complexity index is 1180. The predicted octanol–water partition coefficient (Wildman–Crippen LogP) is 1.95. The van der Waals surface area contributed by atoms with Crippen LogP contribution < -0.4 is 5.73 Å². The minimum Gasteiger partial charge on any atom is -0.386 e. The third-order valence-electron chi connectivity index (χ3n) is 5.87. The number of benzene rings is 1. The van der Waals surface area contributed by atoms with Crippen molar-refractivity contribution in [2.75, 3.05) is 19.0 Å². The fraction of sp³-hybridized carbons (Fsp3) is 0.381. The van der Waals surface area contributed by atoms with Gasteiger partial charge in [0, 0.05) is 18.6 Å². The Balaban J connectivity index is 1.69. The lowest BCUT2D eigenvalue weighted by Gasteiger charge is -2.39. The summed E-state index contributed by atoms with van der Waals surface area (Å²) in [7, 11) is -3.79. The number of carbonyl (C=O) groups excluding carboxylic acids is 1. The van der Waals surface area contributed by atoms with Gasteiger partial charge in [-0.05, 0) is 43.2 Å². The third-order valence-corrected chi connectivity index (χ3v) is 8.54. The van der Waals surface area contributed by atoms with E-state index in [9.17, 15) is 22.0 Å². The molecule has 2 atom stereocenters. The van der Waals surface area contributed by atoms with Crippen LogP contribution in [0.15, 0.2) is 41.5 Å². The number of carbonyl (C=O) groups is 1. The maximum Gasteiger partial charge on any atom is 0.185 e. The lowest BCUT2D eigenvalue weighted by atomic mass is 9.90. The minimum atomic E-state index is -3.79. The van der Waals surface area contributed by atoms with Crippen LogP contribution in [0.4, 0.5) is 8.78 Å². The summed E-state index contributed by atoms with van der Waals surface area (Å²) in [4.78, 5) is 20.6. The summed E-state index contributed by atoms with van der Waals surface area (Å²) in [5, 5.41) is 0. The molecule has 1 aromatic carbocycles. The monoisotopic (exact) mass is 449 g/mol. The van der Waals surface area contributed by atoms with E-state index >= 15 is 0 Å². The molecule has 7 nitrogen and oxygen atoms in total. The SMILES string of the molecule is C[C@@]1(c2cc(CC(=O)c3ccc(F)cn3)ccc2F)CS(=O)(=O)[C@@]2(CCOC2)C(N)=N1. The fourth-order valence-electron chi connectivity index (χ4n) is 4.11. The topological polar surface area (TPSA) is 112 Å². The van der Waals surface area contributed by atoms with Gasteiger partial charge in [-0.15, -0.1) is 0 Å². The van der Waals surface area contributed by atoms with Crippen LogP contribution >= 0.6 is 0 Å².